The molecule has 6 nitrogen and oxygen atoms in total. The van der Waals surface area contributed by atoms with Gasteiger partial charge in [0.1, 0.15) is 18.0 Å². The Bertz CT molecular complexity index is 594. The van der Waals surface area contributed by atoms with Crippen LogP contribution in [0.1, 0.15) is 38.9 Å². The Hall–Kier alpha value is -1.22. The molecular weight excluding hydrogens is 393 g/mol. The molecule has 1 heterocycles. The zero-order valence-corrected chi connectivity index (χ0v) is 16.2. The van der Waals surface area contributed by atoms with Gasteiger partial charge in [-0.25, -0.2) is 9.18 Å². The number of alkyl halides is 1. The summed E-state index contributed by atoms with van der Waals surface area (Å²) in [5.74, 6) is 0. The number of benzene rings is 1. The van der Waals surface area contributed by atoms with E-state index in [-0.39, 0.29) is 13.0 Å². The lowest BCUT2D eigenvalue weighted by molar-refractivity contribution is -0.00410. The Labute approximate surface area is 155 Å². The standard InChI is InChI=1S/C17H25BrFN3O3/c1-17(2,3)25-16(24)22-9-12(19)8-13(22)15(23)21-14(20)10-4-6-11(18)7-5-10/h4-7,12-15,21,23H,8-9,20H2,1-3H3/t12-,13+,14?,15?/m1/s1. The van der Waals surface area contributed by atoms with Gasteiger partial charge in [-0.15, -0.1) is 0 Å². The zero-order chi connectivity index (χ0) is 18.8. The molecule has 1 aromatic carbocycles. The maximum Gasteiger partial charge on any atom is 0.410 e. The number of nitrogens with zero attached hydrogens (tertiary/aromatic N) is 1. The van der Waals surface area contributed by atoms with Gasteiger partial charge in [-0.3, -0.25) is 10.2 Å². The molecule has 1 aromatic rings. The summed E-state index contributed by atoms with van der Waals surface area (Å²) in [5, 5.41) is 13.3. The lowest BCUT2D eigenvalue weighted by atomic mass is 10.1. The van der Waals surface area contributed by atoms with Crippen LogP contribution in [-0.4, -0.2) is 46.7 Å². The summed E-state index contributed by atoms with van der Waals surface area (Å²) in [4.78, 5) is 13.5. The normalized spacial score (nSPS) is 23.4. The van der Waals surface area contributed by atoms with E-state index in [1.165, 1.54) is 4.90 Å². The molecule has 0 aromatic heterocycles. The Balaban J connectivity index is 2.03. The summed E-state index contributed by atoms with van der Waals surface area (Å²) >= 11 is 3.34. The molecule has 1 aliphatic rings. The van der Waals surface area contributed by atoms with Crippen LogP contribution >= 0.6 is 15.9 Å². The number of likely N-dealkylation sites (tertiary alicyclic amines) is 1. The average Bonchev–Trinajstić information content (AvgIpc) is 2.88. The minimum absolute atomic E-state index is 0.0282. The Morgan fingerprint density at radius 3 is 2.60 bits per heavy atom. The number of aliphatic hydroxyl groups is 1. The third-order valence-electron chi connectivity index (χ3n) is 3.86. The summed E-state index contributed by atoms with van der Waals surface area (Å²) < 4.78 is 20.1. The van der Waals surface area contributed by atoms with E-state index in [9.17, 15) is 14.3 Å². The van der Waals surface area contributed by atoms with E-state index in [0.29, 0.717) is 0 Å². The molecule has 0 bridgehead atoms. The fourth-order valence-electron chi connectivity index (χ4n) is 2.70. The molecule has 1 aliphatic heterocycles. The monoisotopic (exact) mass is 417 g/mol. The Kier molecular flexibility index (Phi) is 6.42. The number of rotatable bonds is 4. The molecule has 8 heteroatoms. The van der Waals surface area contributed by atoms with Gasteiger partial charge in [0.05, 0.1) is 18.8 Å². The van der Waals surface area contributed by atoms with E-state index < -0.39 is 36.3 Å². The predicted molar refractivity (Wildman–Crippen MR) is 96.5 cm³/mol. The number of aliphatic hydroxyl groups excluding tert-OH is 1. The number of carbonyl (C=O) groups excluding carboxylic acids is 1. The Morgan fingerprint density at radius 2 is 2.04 bits per heavy atom. The predicted octanol–water partition coefficient (Wildman–Crippen LogP) is 2.66. The number of nitrogens with one attached hydrogen (secondary N) is 1. The molecule has 25 heavy (non-hydrogen) atoms. The first-order valence-electron chi connectivity index (χ1n) is 8.15. The number of nitrogens with two attached hydrogens (primary N) is 1. The van der Waals surface area contributed by atoms with E-state index in [2.05, 4.69) is 21.2 Å². The number of halogens is 2. The first-order valence-corrected chi connectivity index (χ1v) is 8.95. The van der Waals surface area contributed by atoms with Crippen molar-refractivity contribution in [2.75, 3.05) is 6.54 Å². The number of carbonyl (C=O) groups is 1. The SMILES string of the molecule is CC(C)(C)OC(=O)N1C[C@H](F)C[C@H]1C(O)NC(N)c1ccc(Br)cc1. The fourth-order valence-corrected chi connectivity index (χ4v) is 2.97. The number of hydrogen-bond donors (Lipinski definition) is 3. The van der Waals surface area contributed by atoms with Gasteiger partial charge in [0.25, 0.3) is 0 Å². The topological polar surface area (TPSA) is 87.8 Å². The number of ether oxygens (including phenoxy) is 1. The molecule has 1 amide bonds. The van der Waals surface area contributed by atoms with Crippen LogP contribution in [-0.2, 0) is 4.74 Å². The van der Waals surface area contributed by atoms with Crippen molar-refractivity contribution in [1.29, 1.82) is 0 Å². The second-order valence-corrected chi connectivity index (χ2v) is 8.09. The van der Waals surface area contributed by atoms with Gasteiger partial charge >= 0.3 is 6.09 Å². The summed E-state index contributed by atoms with van der Waals surface area (Å²) in [6, 6.07) is 6.55. The first-order chi connectivity index (χ1) is 11.6. The minimum atomic E-state index is -1.21. The van der Waals surface area contributed by atoms with Crippen LogP contribution in [0.15, 0.2) is 28.7 Å². The third-order valence-corrected chi connectivity index (χ3v) is 4.39. The molecule has 1 fully saturated rings. The van der Waals surface area contributed by atoms with Crippen LogP contribution in [0, 0.1) is 0 Å². The average molecular weight is 418 g/mol. The van der Waals surface area contributed by atoms with Gasteiger partial charge in [0.2, 0.25) is 0 Å². The molecule has 0 radical (unpaired) electrons. The quantitative estimate of drug-likeness (QED) is 0.655. The zero-order valence-electron chi connectivity index (χ0n) is 14.6. The highest BCUT2D eigenvalue weighted by Crippen LogP contribution is 2.25. The first kappa shape index (κ1) is 20.1. The summed E-state index contributed by atoms with van der Waals surface area (Å²) in [5.41, 5.74) is 6.13. The van der Waals surface area contributed by atoms with Crippen LogP contribution < -0.4 is 11.1 Å². The highest BCUT2D eigenvalue weighted by atomic mass is 79.9. The van der Waals surface area contributed by atoms with Gasteiger partial charge in [-0.2, -0.15) is 0 Å². The molecule has 0 spiro atoms. The van der Waals surface area contributed by atoms with Crippen LogP contribution in [0.5, 0.6) is 0 Å². The molecule has 4 atom stereocenters. The molecule has 2 unspecified atom stereocenters. The third kappa shape index (κ3) is 5.64. The van der Waals surface area contributed by atoms with E-state index in [0.717, 1.165) is 10.0 Å². The molecule has 140 valence electrons. The lowest BCUT2D eigenvalue weighted by Crippen LogP contribution is -2.52. The van der Waals surface area contributed by atoms with Crippen molar-refractivity contribution in [3.8, 4) is 0 Å². The van der Waals surface area contributed by atoms with Crippen molar-refractivity contribution in [3.05, 3.63) is 34.3 Å². The molecule has 0 aliphatic carbocycles. The summed E-state index contributed by atoms with van der Waals surface area (Å²) in [6.45, 7) is 5.11. The van der Waals surface area contributed by atoms with E-state index in [4.69, 9.17) is 10.5 Å². The van der Waals surface area contributed by atoms with Gasteiger partial charge in [-0.1, -0.05) is 28.1 Å². The molecular formula is C17H25BrFN3O3. The van der Waals surface area contributed by atoms with Crippen molar-refractivity contribution < 1.29 is 19.0 Å². The van der Waals surface area contributed by atoms with Crippen LogP contribution in [0.2, 0.25) is 0 Å². The van der Waals surface area contributed by atoms with Crippen molar-refractivity contribution in [1.82, 2.24) is 10.2 Å². The largest absolute Gasteiger partial charge is 0.444 e. The van der Waals surface area contributed by atoms with Crippen LogP contribution in [0.3, 0.4) is 0 Å². The maximum atomic E-state index is 13.9. The summed E-state index contributed by atoms with van der Waals surface area (Å²) in [6.07, 6.45) is -3.65. The maximum absolute atomic E-state index is 13.9. The molecule has 1 saturated heterocycles. The van der Waals surface area contributed by atoms with E-state index in [1.807, 2.05) is 24.3 Å². The van der Waals surface area contributed by atoms with Gasteiger partial charge in [0, 0.05) is 10.9 Å². The Morgan fingerprint density at radius 1 is 1.44 bits per heavy atom. The van der Waals surface area contributed by atoms with E-state index >= 15 is 0 Å². The highest BCUT2D eigenvalue weighted by Gasteiger charge is 2.41. The van der Waals surface area contributed by atoms with Crippen molar-refractivity contribution in [2.24, 2.45) is 5.73 Å². The minimum Gasteiger partial charge on any atom is -0.444 e. The van der Waals surface area contributed by atoms with Gasteiger partial charge in [-0.05, 0) is 38.5 Å². The van der Waals surface area contributed by atoms with Crippen molar-refractivity contribution in [3.63, 3.8) is 0 Å². The molecule has 0 saturated carbocycles. The van der Waals surface area contributed by atoms with E-state index in [1.54, 1.807) is 20.8 Å². The smallest absolute Gasteiger partial charge is 0.410 e. The highest BCUT2D eigenvalue weighted by molar-refractivity contribution is 9.10. The van der Waals surface area contributed by atoms with Crippen LogP contribution in [0.4, 0.5) is 9.18 Å². The summed E-state index contributed by atoms with van der Waals surface area (Å²) in [7, 11) is 0. The van der Waals surface area contributed by atoms with Crippen molar-refractivity contribution in [2.45, 2.75) is 57.4 Å². The fraction of sp³-hybridized carbons (Fsp3) is 0.588. The number of hydrogen-bond acceptors (Lipinski definition) is 5. The number of amides is 1. The lowest BCUT2D eigenvalue weighted by Gasteiger charge is -2.32. The molecule has 4 N–H and O–H groups in total. The van der Waals surface area contributed by atoms with Crippen molar-refractivity contribution >= 4 is 22.0 Å². The van der Waals surface area contributed by atoms with Gasteiger partial charge in [0.15, 0.2) is 0 Å². The second kappa shape index (κ2) is 7.99. The second-order valence-electron chi connectivity index (χ2n) is 7.17. The van der Waals surface area contributed by atoms with Crippen LogP contribution in [0.25, 0.3) is 0 Å². The molecule has 2 rings (SSSR count). The van der Waals surface area contributed by atoms with Gasteiger partial charge < -0.3 is 15.6 Å².